The van der Waals surface area contributed by atoms with Crippen molar-refractivity contribution in [3.05, 3.63) is 0 Å². The zero-order chi connectivity index (χ0) is 13.8. The van der Waals surface area contributed by atoms with Crippen molar-refractivity contribution in [2.75, 3.05) is 12.3 Å². The van der Waals surface area contributed by atoms with Crippen molar-refractivity contribution >= 4 is 11.8 Å². The summed E-state index contributed by atoms with van der Waals surface area (Å²) < 4.78 is 0. The van der Waals surface area contributed by atoms with Gasteiger partial charge in [0.15, 0.2) is 0 Å². The van der Waals surface area contributed by atoms with Crippen LogP contribution in [0.3, 0.4) is 0 Å². The Morgan fingerprint density at radius 1 is 1.28 bits per heavy atom. The van der Waals surface area contributed by atoms with Crippen molar-refractivity contribution in [3.8, 4) is 0 Å². The standard InChI is InChI=1S/C16H33NS/c1-6-12(2)11-18-15-9-14(16(3,4)5)8-7-13(15)10-17/h12-15H,6-11,17H2,1-5H3. The molecule has 0 spiro atoms. The maximum atomic E-state index is 5.97. The van der Waals surface area contributed by atoms with E-state index in [9.17, 15) is 0 Å². The number of hydrogen-bond donors (Lipinski definition) is 1. The second kappa shape index (κ2) is 7.19. The van der Waals surface area contributed by atoms with Crippen LogP contribution in [0.4, 0.5) is 0 Å². The van der Waals surface area contributed by atoms with Gasteiger partial charge in [-0.05, 0) is 54.7 Å². The molecule has 0 radical (unpaired) electrons. The fourth-order valence-corrected chi connectivity index (χ4v) is 4.56. The molecule has 1 fully saturated rings. The topological polar surface area (TPSA) is 26.0 Å². The summed E-state index contributed by atoms with van der Waals surface area (Å²) in [6.45, 7) is 12.7. The molecule has 1 nitrogen and oxygen atoms in total. The molecule has 2 heteroatoms. The fourth-order valence-electron chi connectivity index (χ4n) is 2.86. The van der Waals surface area contributed by atoms with E-state index in [2.05, 4.69) is 46.4 Å². The van der Waals surface area contributed by atoms with Crippen LogP contribution in [0.25, 0.3) is 0 Å². The lowest BCUT2D eigenvalue weighted by Crippen LogP contribution is -2.37. The molecule has 4 unspecified atom stereocenters. The molecule has 2 N–H and O–H groups in total. The molecular formula is C16H33NS. The Morgan fingerprint density at radius 3 is 2.44 bits per heavy atom. The summed E-state index contributed by atoms with van der Waals surface area (Å²) in [4.78, 5) is 0. The van der Waals surface area contributed by atoms with E-state index < -0.39 is 0 Å². The lowest BCUT2D eigenvalue weighted by molar-refractivity contribution is 0.157. The summed E-state index contributed by atoms with van der Waals surface area (Å²) >= 11 is 2.20. The summed E-state index contributed by atoms with van der Waals surface area (Å²) in [5.74, 6) is 3.81. The molecule has 0 heterocycles. The van der Waals surface area contributed by atoms with Crippen molar-refractivity contribution in [2.45, 2.75) is 65.6 Å². The third-order valence-corrected chi connectivity index (χ3v) is 6.51. The fraction of sp³-hybridized carbons (Fsp3) is 1.00. The molecule has 1 aliphatic rings. The van der Waals surface area contributed by atoms with Gasteiger partial charge < -0.3 is 5.73 Å². The van der Waals surface area contributed by atoms with Gasteiger partial charge >= 0.3 is 0 Å². The molecule has 0 bridgehead atoms. The Bertz CT molecular complexity index is 234. The van der Waals surface area contributed by atoms with E-state index in [0.29, 0.717) is 5.41 Å². The highest BCUT2D eigenvalue weighted by atomic mass is 32.2. The van der Waals surface area contributed by atoms with Gasteiger partial charge in [0.2, 0.25) is 0 Å². The SMILES string of the molecule is CCC(C)CSC1CC(C(C)(C)C)CCC1CN. The normalized spacial score (nSPS) is 31.3. The molecule has 0 saturated heterocycles. The quantitative estimate of drug-likeness (QED) is 0.793. The minimum absolute atomic E-state index is 0.467. The van der Waals surface area contributed by atoms with Gasteiger partial charge in [-0.25, -0.2) is 0 Å². The highest BCUT2D eigenvalue weighted by molar-refractivity contribution is 7.99. The van der Waals surface area contributed by atoms with Crippen LogP contribution in [0.5, 0.6) is 0 Å². The summed E-state index contributed by atoms with van der Waals surface area (Å²) in [6.07, 6.45) is 5.41. The van der Waals surface area contributed by atoms with Gasteiger partial charge in [-0.2, -0.15) is 11.8 Å². The summed E-state index contributed by atoms with van der Waals surface area (Å²) in [6, 6.07) is 0. The minimum atomic E-state index is 0.467. The molecule has 0 aliphatic heterocycles. The van der Waals surface area contributed by atoms with Crippen LogP contribution in [0.1, 0.15) is 60.3 Å². The second-order valence-electron chi connectivity index (χ2n) is 7.26. The van der Waals surface area contributed by atoms with Crippen molar-refractivity contribution in [3.63, 3.8) is 0 Å². The third-order valence-electron chi connectivity index (χ3n) is 4.75. The molecule has 18 heavy (non-hydrogen) atoms. The van der Waals surface area contributed by atoms with Crippen LogP contribution in [0.2, 0.25) is 0 Å². The average Bonchev–Trinajstić information content (AvgIpc) is 2.34. The van der Waals surface area contributed by atoms with Crippen LogP contribution in [0, 0.1) is 23.2 Å². The van der Waals surface area contributed by atoms with Crippen molar-refractivity contribution in [1.82, 2.24) is 0 Å². The molecule has 108 valence electrons. The summed E-state index contributed by atoms with van der Waals surface area (Å²) in [7, 11) is 0. The Morgan fingerprint density at radius 2 is 1.94 bits per heavy atom. The predicted molar refractivity (Wildman–Crippen MR) is 85.0 cm³/mol. The molecule has 1 saturated carbocycles. The Hall–Kier alpha value is 0.310. The first kappa shape index (κ1) is 16.4. The maximum absolute atomic E-state index is 5.97. The molecular weight excluding hydrogens is 238 g/mol. The molecule has 1 aliphatic carbocycles. The predicted octanol–water partition coefficient (Wildman–Crippen LogP) is 4.56. The van der Waals surface area contributed by atoms with Crippen LogP contribution in [0.15, 0.2) is 0 Å². The Balaban J connectivity index is 2.54. The van der Waals surface area contributed by atoms with Gasteiger partial charge in [0.05, 0.1) is 0 Å². The first-order valence-corrected chi connectivity index (χ1v) is 8.75. The van der Waals surface area contributed by atoms with Gasteiger partial charge in [0.1, 0.15) is 0 Å². The zero-order valence-electron chi connectivity index (χ0n) is 13.0. The van der Waals surface area contributed by atoms with E-state index in [0.717, 1.165) is 29.5 Å². The van der Waals surface area contributed by atoms with Gasteiger partial charge in [-0.1, -0.05) is 41.0 Å². The third kappa shape index (κ3) is 4.77. The Kier molecular flexibility index (Phi) is 6.54. The maximum Gasteiger partial charge on any atom is 0.00902 e. The van der Waals surface area contributed by atoms with Gasteiger partial charge in [-0.15, -0.1) is 0 Å². The highest BCUT2D eigenvalue weighted by Crippen LogP contribution is 2.44. The van der Waals surface area contributed by atoms with E-state index >= 15 is 0 Å². The first-order valence-electron chi connectivity index (χ1n) is 7.70. The zero-order valence-corrected chi connectivity index (χ0v) is 13.9. The van der Waals surface area contributed by atoms with E-state index in [1.54, 1.807) is 0 Å². The second-order valence-corrected chi connectivity index (χ2v) is 8.53. The van der Waals surface area contributed by atoms with Crippen LogP contribution >= 0.6 is 11.8 Å². The van der Waals surface area contributed by atoms with Crippen molar-refractivity contribution in [1.29, 1.82) is 0 Å². The number of nitrogens with two attached hydrogens (primary N) is 1. The number of rotatable bonds is 5. The largest absolute Gasteiger partial charge is 0.330 e. The van der Waals surface area contributed by atoms with Crippen LogP contribution in [-0.4, -0.2) is 17.5 Å². The molecule has 0 aromatic carbocycles. The van der Waals surface area contributed by atoms with Gasteiger partial charge in [-0.3, -0.25) is 0 Å². The lowest BCUT2D eigenvalue weighted by Gasteiger charge is -2.41. The van der Waals surface area contributed by atoms with E-state index in [1.807, 2.05) is 0 Å². The average molecular weight is 272 g/mol. The summed E-state index contributed by atoms with van der Waals surface area (Å²) in [5, 5.41) is 0.807. The number of hydrogen-bond acceptors (Lipinski definition) is 2. The molecule has 4 atom stereocenters. The lowest BCUT2D eigenvalue weighted by atomic mass is 9.69. The van der Waals surface area contributed by atoms with Gasteiger partial charge in [0, 0.05) is 5.25 Å². The molecule has 0 aromatic heterocycles. The minimum Gasteiger partial charge on any atom is -0.330 e. The smallest absolute Gasteiger partial charge is 0.00902 e. The first-order chi connectivity index (χ1) is 8.38. The van der Waals surface area contributed by atoms with E-state index in [4.69, 9.17) is 5.73 Å². The molecule has 0 aromatic rings. The van der Waals surface area contributed by atoms with Crippen molar-refractivity contribution < 1.29 is 0 Å². The van der Waals surface area contributed by atoms with Crippen molar-refractivity contribution in [2.24, 2.45) is 28.9 Å². The van der Waals surface area contributed by atoms with Gasteiger partial charge in [0.25, 0.3) is 0 Å². The Labute approximate surface area is 119 Å². The summed E-state index contributed by atoms with van der Waals surface area (Å²) in [5.41, 5.74) is 6.44. The van der Waals surface area contributed by atoms with E-state index in [-0.39, 0.29) is 0 Å². The number of thioether (sulfide) groups is 1. The molecule has 1 rings (SSSR count). The highest BCUT2D eigenvalue weighted by Gasteiger charge is 2.35. The molecule has 0 amide bonds. The van der Waals surface area contributed by atoms with Crippen LogP contribution < -0.4 is 5.73 Å². The van der Waals surface area contributed by atoms with Crippen LogP contribution in [-0.2, 0) is 0 Å². The monoisotopic (exact) mass is 271 g/mol. The van der Waals surface area contributed by atoms with E-state index in [1.165, 1.54) is 31.4 Å².